The molecule has 1 N–H and O–H groups in total. The van der Waals surface area contributed by atoms with Crippen LogP contribution in [-0.2, 0) is 16.6 Å². The average molecular weight is 345 g/mol. The summed E-state index contributed by atoms with van der Waals surface area (Å²) >= 11 is 0. The Bertz CT molecular complexity index is 522. The topological polar surface area (TPSA) is 32.3 Å². The van der Waals surface area contributed by atoms with E-state index in [4.69, 9.17) is 0 Å². The third-order valence-electron chi connectivity index (χ3n) is 5.31. The van der Waals surface area contributed by atoms with Gasteiger partial charge in [-0.1, -0.05) is 52.0 Å². The van der Waals surface area contributed by atoms with Crippen LogP contribution < -0.4 is 5.32 Å². The minimum Gasteiger partial charge on any atom is -0.356 e. The Morgan fingerprint density at radius 3 is 2.40 bits per heavy atom. The number of hydrogen-bond donors (Lipinski definition) is 1. The van der Waals surface area contributed by atoms with E-state index < -0.39 is 0 Å². The van der Waals surface area contributed by atoms with Gasteiger partial charge in [0.2, 0.25) is 5.91 Å². The molecular formula is C22H36N2O. The first-order chi connectivity index (χ1) is 11.8. The number of carbonyl (C=O) groups excluding carboxylic acids is 1. The summed E-state index contributed by atoms with van der Waals surface area (Å²) in [6.45, 7) is 13.4. The summed E-state index contributed by atoms with van der Waals surface area (Å²) in [5.74, 6) is 1.06. The monoisotopic (exact) mass is 344 g/mol. The molecule has 1 saturated heterocycles. The lowest BCUT2D eigenvalue weighted by Gasteiger charge is -2.30. The fourth-order valence-corrected chi connectivity index (χ4v) is 3.33. The quantitative estimate of drug-likeness (QED) is 0.754. The van der Waals surface area contributed by atoms with Crippen LogP contribution in [0.25, 0.3) is 0 Å². The summed E-state index contributed by atoms with van der Waals surface area (Å²) < 4.78 is 0. The number of carbonyl (C=O) groups is 1. The predicted molar refractivity (Wildman–Crippen MR) is 106 cm³/mol. The Hall–Kier alpha value is -1.35. The van der Waals surface area contributed by atoms with E-state index in [2.05, 4.69) is 62.2 Å². The van der Waals surface area contributed by atoms with Crippen molar-refractivity contribution in [3.8, 4) is 0 Å². The standard InChI is InChI=1S/C22H36N2O/c1-18-12-16-24(17-13-18)15-5-14-23-21(25)11-8-19-6-9-20(10-7-19)22(2,3)4/h6-7,9-10,18H,5,8,11-17H2,1-4H3,(H,23,25). The zero-order valence-corrected chi connectivity index (χ0v) is 16.6. The number of piperidine rings is 1. The molecule has 0 aliphatic carbocycles. The van der Waals surface area contributed by atoms with Gasteiger partial charge >= 0.3 is 0 Å². The minimum atomic E-state index is 0.173. The molecule has 2 rings (SSSR count). The lowest BCUT2D eigenvalue weighted by molar-refractivity contribution is -0.121. The van der Waals surface area contributed by atoms with Gasteiger partial charge in [-0.05, 0) is 67.8 Å². The normalized spacial score (nSPS) is 16.8. The first kappa shape index (κ1) is 20.0. The predicted octanol–water partition coefficient (Wildman–Crippen LogP) is 4.15. The highest BCUT2D eigenvalue weighted by Gasteiger charge is 2.15. The van der Waals surface area contributed by atoms with Crippen molar-refractivity contribution in [3.05, 3.63) is 35.4 Å². The van der Waals surface area contributed by atoms with Gasteiger partial charge in [0.15, 0.2) is 0 Å². The molecule has 1 fully saturated rings. The smallest absolute Gasteiger partial charge is 0.220 e. The van der Waals surface area contributed by atoms with Crippen LogP contribution in [0.4, 0.5) is 0 Å². The minimum absolute atomic E-state index is 0.173. The Labute approximate surface area is 154 Å². The van der Waals surface area contributed by atoms with Crippen molar-refractivity contribution >= 4 is 5.91 Å². The van der Waals surface area contributed by atoms with Gasteiger partial charge in [0.05, 0.1) is 0 Å². The number of hydrogen-bond acceptors (Lipinski definition) is 2. The van der Waals surface area contributed by atoms with E-state index in [0.29, 0.717) is 6.42 Å². The highest BCUT2D eigenvalue weighted by Crippen LogP contribution is 2.22. The maximum atomic E-state index is 12.0. The van der Waals surface area contributed by atoms with E-state index in [1.165, 1.54) is 37.1 Å². The van der Waals surface area contributed by atoms with Gasteiger partial charge in [-0.3, -0.25) is 4.79 Å². The summed E-state index contributed by atoms with van der Waals surface area (Å²) in [7, 11) is 0. The first-order valence-electron chi connectivity index (χ1n) is 9.93. The van der Waals surface area contributed by atoms with Gasteiger partial charge in [0.25, 0.3) is 0 Å². The molecule has 1 amide bonds. The molecule has 0 saturated carbocycles. The molecule has 3 nitrogen and oxygen atoms in total. The number of nitrogens with one attached hydrogen (secondary N) is 1. The summed E-state index contributed by atoms with van der Waals surface area (Å²) in [5, 5.41) is 3.07. The Kier molecular flexibility index (Phi) is 7.49. The molecule has 1 heterocycles. The van der Waals surface area contributed by atoms with Crippen molar-refractivity contribution in [3.63, 3.8) is 0 Å². The molecular weight excluding hydrogens is 308 g/mol. The van der Waals surface area contributed by atoms with Crippen LogP contribution in [0, 0.1) is 5.92 Å². The molecule has 140 valence electrons. The summed E-state index contributed by atoms with van der Waals surface area (Å²) in [4.78, 5) is 14.5. The molecule has 1 aliphatic heterocycles. The fourth-order valence-electron chi connectivity index (χ4n) is 3.33. The second-order valence-electron chi connectivity index (χ2n) is 8.67. The number of aryl methyl sites for hydroxylation is 1. The molecule has 0 bridgehead atoms. The van der Waals surface area contributed by atoms with Crippen LogP contribution in [0.1, 0.15) is 64.5 Å². The highest BCUT2D eigenvalue weighted by molar-refractivity contribution is 5.76. The summed E-state index contributed by atoms with van der Waals surface area (Å²) in [6.07, 6.45) is 5.09. The lowest BCUT2D eigenvalue weighted by atomic mass is 9.86. The number of nitrogens with zero attached hydrogens (tertiary/aromatic N) is 1. The lowest BCUT2D eigenvalue weighted by Crippen LogP contribution is -2.35. The van der Waals surface area contributed by atoms with E-state index in [1.54, 1.807) is 0 Å². The third kappa shape index (κ3) is 7.19. The summed E-state index contributed by atoms with van der Waals surface area (Å²) in [5.41, 5.74) is 2.76. The van der Waals surface area contributed by atoms with Crippen LogP contribution in [0.5, 0.6) is 0 Å². The zero-order valence-electron chi connectivity index (χ0n) is 16.6. The third-order valence-corrected chi connectivity index (χ3v) is 5.31. The Morgan fingerprint density at radius 2 is 1.80 bits per heavy atom. The molecule has 3 heteroatoms. The molecule has 0 unspecified atom stereocenters. The SMILES string of the molecule is CC1CCN(CCCNC(=O)CCc2ccc(C(C)(C)C)cc2)CC1. The van der Waals surface area contributed by atoms with Crippen LogP contribution in [0.2, 0.25) is 0 Å². The molecule has 0 aromatic heterocycles. The molecule has 25 heavy (non-hydrogen) atoms. The van der Waals surface area contributed by atoms with Crippen molar-refractivity contribution in [2.24, 2.45) is 5.92 Å². The van der Waals surface area contributed by atoms with Crippen molar-refractivity contribution in [1.29, 1.82) is 0 Å². The molecule has 1 aromatic rings. The van der Waals surface area contributed by atoms with Gasteiger partial charge in [0, 0.05) is 13.0 Å². The largest absolute Gasteiger partial charge is 0.356 e. The van der Waals surface area contributed by atoms with Gasteiger partial charge in [-0.15, -0.1) is 0 Å². The fraction of sp³-hybridized carbons (Fsp3) is 0.682. The Balaban J connectivity index is 1.59. The van der Waals surface area contributed by atoms with Gasteiger partial charge in [0.1, 0.15) is 0 Å². The summed E-state index contributed by atoms with van der Waals surface area (Å²) in [6, 6.07) is 8.69. The van der Waals surface area contributed by atoms with Crippen molar-refractivity contribution in [2.75, 3.05) is 26.2 Å². The van der Waals surface area contributed by atoms with Crippen molar-refractivity contribution in [1.82, 2.24) is 10.2 Å². The molecule has 0 radical (unpaired) electrons. The second kappa shape index (κ2) is 9.38. The second-order valence-corrected chi connectivity index (χ2v) is 8.67. The average Bonchev–Trinajstić information content (AvgIpc) is 2.58. The zero-order chi connectivity index (χ0) is 18.3. The molecule has 1 aliphatic rings. The first-order valence-corrected chi connectivity index (χ1v) is 9.93. The number of benzene rings is 1. The van der Waals surface area contributed by atoms with Gasteiger partial charge < -0.3 is 10.2 Å². The van der Waals surface area contributed by atoms with Crippen LogP contribution >= 0.6 is 0 Å². The van der Waals surface area contributed by atoms with E-state index in [-0.39, 0.29) is 11.3 Å². The Morgan fingerprint density at radius 1 is 1.16 bits per heavy atom. The molecule has 0 spiro atoms. The molecule has 1 aromatic carbocycles. The maximum absolute atomic E-state index is 12.0. The van der Waals surface area contributed by atoms with Gasteiger partial charge in [-0.2, -0.15) is 0 Å². The number of rotatable bonds is 7. The maximum Gasteiger partial charge on any atom is 0.220 e. The van der Waals surface area contributed by atoms with E-state index in [1.807, 2.05) is 0 Å². The van der Waals surface area contributed by atoms with E-state index in [0.717, 1.165) is 31.8 Å². The van der Waals surface area contributed by atoms with Gasteiger partial charge in [-0.25, -0.2) is 0 Å². The molecule has 0 atom stereocenters. The van der Waals surface area contributed by atoms with Crippen LogP contribution in [0.3, 0.4) is 0 Å². The van der Waals surface area contributed by atoms with E-state index in [9.17, 15) is 4.79 Å². The van der Waals surface area contributed by atoms with Crippen LogP contribution in [0.15, 0.2) is 24.3 Å². The number of likely N-dealkylation sites (tertiary alicyclic amines) is 1. The van der Waals surface area contributed by atoms with E-state index >= 15 is 0 Å². The number of amides is 1. The van der Waals surface area contributed by atoms with Crippen LogP contribution in [-0.4, -0.2) is 37.0 Å². The van der Waals surface area contributed by atoms with Crippen molar-refractivity contribution in [2.45, 2.75) is 65.2 Å². The highest BCUT2D eigenvalue weighted by atomic mass is 16.1. The van der Waals surface area contributed by atoms with Crippen molar-refractivity contribution < 1.29 is 4.79 Å².